The fraction of sp³-hybridized carbons (Fsp3) is 0.500. The van der Waals surface area contributed by atoms with E-state index in [9.17, 15) is 18.9 Å². The van der Waals surface area contributed by atoms with Crippen LogP contribution in [0.1, 0.15) is 19.8 Å². The Hall–Kier alpha value is -1.76. The zero-order chi connectivity index (χ0) is 14.0. The number of nitrogens with zero attached hydrogens (tertiary/aromatic N) is 1. The van der Waals surface area contributed by atoms with Gasteiger partial charge in [0.2, 0.25) is 0 Å². The van der Waals surface area contributed by atoms with Crippen LogP contribution in [0.15, 0.2) is 12.1 Å². The van der Waals surface area contributed by atoms with Crippen molar-refractivity contribution in [3.05, 3.63) is 33.9 Å². The summed E-state index contributed by atoms with van der Waals surface area (Å²) in [5.41, 5.74) is -0.905. The Kier molecular flexibility index (Phi) is 3.94. The molecule has 1 aromatic carbocycles. The van der Waals surface area contributed by atoms with Crippen molar-refractivity contribution in [3.63, 3.8) is 0 Å². The number of hydrogen-bond acceptors (Lipinski definition) is 4. The third-order valence-electron chi connectivity index (χ3n) is 3.10. The van der Waals surface area contributed by atoms with Crippen molar-refractivity contribution in [3.8, 4) is 0 Å². The molecule has 104 valence electrons. The van der Waals surface area contributed by atoms with Gasteiger partial charge in [-0.05, 0) is 25.8 Å². The van der Waals surface area contributed by atoms with Gasteiger partial charge in [0.1, 0.15) is 0 Å². The number of anilines is 1. The van der Waals surface area contributed by atoms with Gasteiger partial charge in [-0.2, -0.15) is 0 Å². The maximum absolute atomic E-state index is 13.6. The van der Waals surface area contributed by atoms with Crippen LogP contribution >= 0.6 is 0 Å². The van der Waals surface area contributed by atoms with Gasteiger partial charge in [-0.3, -0.25) is 10.1 Å². The molecule has 1 N–H and O–H groups in total. The zero-order valence-electron chi connectivity index (χ0n) is 10.4. The van der Waals surface area contributed by atoms with E-state index in [1.165, 1.54) is 0 Å². The molecule has 1 saturated heterocycles. The molecule has 0 radical (unpaired) electrons. The van der Waals surface area contributed by atoms with Crippen LogP contribution in [0.3, 0.4) is 0 Å². The lowest BCUT2D eigenvalue weighted by Crippen LogP contribution is -2.21. The van der Waals surface area contributed by atoms with Gasteiger partial charge in [-0.1, -0.05) is 0 Å². The summed E-state index contributed by atoms with van der Waals surface area (Å²) in [6, 6.07) is 1.69. The normalized spacial score (nSPS) is 22.5. The van der Waals surface area contributed by atoms with Crippen molar-refractivity contribution in [1.82, 2.24) is 0 Å². The van der Waals surface area contributed by atoms with Gasteiger partial charge in [0, 0.05) is 12.6 Å². The quantitative estimate of drug-likeness (QED) is 0.676. The van der Waals surface area contributed by atoms with E-state index >= 15 is 0 Å². The largest absolute Gasteiger partial charge is 0.374 e. The van der Waals surface area contributed by atoms with Gasteiger partial charge in [0.05, 0.1) is 17.1 Å². The molecule has 19 heavy (non-hydrogen) atoms. The molecule has 0 bridgehead atoms. The molecule has 5 nitrogen and oxygen atoms in total. The molecule has 1 heterocycles. The number of nitro groups is 1. The maximum Gasteiger partial charge on any atom is 0.295 e. The van der Waals surface area contributed by atoms with Crippen LogP contribution in [0.2, 0.25) is 0 Å². The van der Waals surface area contributed by atoms with E-state index in [2.05, 4.69) is 5.32 Å². The van der Waals surface area contributed by atoms with Crippen LogP contribution in [0.4, 0.5) is 20.2 Å². The van der Waals surface area contributed by atoms with E-state index in [0.717, 1.165) is 25.0 Å². The van der Waals surface area contributed by atoms with E-state index in [-0.39, 0.29) is 18.8 Å². The van der Waals surface area contributed by atoms with Crippen molar-refractivity contribution in [2.45, 2.75) is 32.0 Å². The second-order valence-corrected chi connectivity index (χ2v) is 4.54. The van der Waals surface area contributed by atoms with Crippen molar-refractivity contribution < 1.29 is 18.4 Å². The molecule has 2 rings (SSSR count). The highest BCUT2D eigenvalue weighted by Crippen LogP contribution is 2.29. The second-order valence-electron chi connectivity index (χ2n) is 4.54. The monoisotopic (exact) mass is 272 g/mol. The minimum atomic E-state index is -1.24. The highest BCUT2D eigenvalue weighted by Gasteiger charge is 2.25. The van der Waals surface area contributed by atoms with E-state index in [1.54, 1.807) is 0 Å². The smallest absolute Gasteiger partial charge is 0.295 e. The molecule has 2 atom stereocenters. The molecule has 1 aliphatic rings. The topological polar surface area (TPSA) is 64.4 Å². The standard InChI is InChI=1S/C12H14F2N2O3/c1-7-2-3-8(19-7)6-15-12-10(16(17)18)5-4-9(13)11(12)14/h4-5,7-8,15H,2-3,6H2,1H3. The number of halogens is 2. The van der Waals surface area contributed by atoms with Gasteiger partial charge in [-0.15, -0.1) is 0 Å². The number of benzene rings is 1. The molecule has 2 unspecified atom stereocenters. The Morgan fingerprint density at radius 3 is 2.79 bits per heavy atom. The van der Waals surface area contributed by atoms with E-state index in [0.29, 0.717) is 0 Å². The Bertz CT molecular complexity index is 496. The van der Waals surface area contributed by atoms with E-state index in [4.69, 9.17) is 4.74 Å². The van der Waals surface area contributed by atoms with Crippen molar-refractivity contribution in [2.75, 3.05) is 11.9 Å². The van der Waals surface area contributed by atoms with Gasteiger partial charge in [-0.25, -0.2) is 8.78 Å². The highest BCUT2D eigenvalue weighted by atomic mass is 19.2. The maximum atomic E-state index is 13.6. The molecule has 1 aromatic rings. The third kappa shape index (κ3) is 2.98. The van der Waals surface area contributed by atoms with Crippen LogP contribution in [0.5, 0.6) is 0 Å². The summed E-state index contributed by atoms with van der Waals surface area (Å²) in [6.07, 6.45) is 1.66. The molecule has 1 fully saturated rings. The zero-order valence-corrected chi connectivity index (χ0v) is 10.4. The van der Waals surface area contributed by atoms with Crippen LogP contribution < -0.4 is 5.32 Å². The number of hydrogen-bond donors (Lipinski definition) is 1. The average molecular weight is 272 g/mol. The first-order chi connectivity index (χ1) is 8.99. The highest BCUT2D eigenvalue weighted by molar-refractivity contribution is 5.62. The number of nitrogens with one attached hydrogen (secondary N) is 1. The average Bonchev–Trinajstić information content (AvgIpc) is 2.76. The minimum absolute atomic E-state index is 0.124. The molecular weight excluding hydrogens is 258 g/mol. The first-order valence-electron chi connectivity index (χ1n) is 6.00. The molecule has 7 heteroatoms. The molecule has 0 amide bonds. The predicted octanol–water partition coefficient (Wildman–Crippen LogP) is 2.85. The van der Waals surface area contributed by atoms with Gasteiger partial charge >= 0.3 is 0 Å². The summed E-state index contributed by atoms with van der Waals surface area (Å²) in [6.45, 7) is 2.14. The number of nitro benzene ring substituents is 1. The summed E-state index contributed by atoms with van der Waals surface area (Å²) in [5, 5.41) is 13.4. The molecule has 0 spiro atoms. The SMILES string of the molecule is CC1CCC(CNc2c([N+](=O)[O-])ccc(F)c2F)O1. The molecule has 0 saturated carbocycles. The summed E-state index contributed by atoms with van der Waals surface area (Å²) in [5.74, 6) is -2.35. The predicted molar refractivity (Wildman–Crippen MR) is 65.1 cm³/mol. The van der Waals surface area contributed by atoms with Crippen molar-refractivity contribution in [1.29, 1.82) is 0 Å². The van der Waals surface area contributed by atoms with Crippen LogP contribution in [0.25, 0.3) is 0 Å². The summed E-state index contributed by atoms with van der Waals surface area (Å²) in [4.78, 5) is 10.0. The van der Waals surface area contributed by atoms with Gasteiger partial charge in [0.25, 0.3) is 5.69 Å². The Morgan fingerprint density at radius 2 is 2.21 bits per heavy atom. The number of rotatable bonds is 4. The molecular formula is C12H14F2N2O3. The number of ether oxygens (including phenoxy) is 1. The van der Waals surface area contributed by atoms with Crippen LogP contribution in [0, 0.1) is 21.7 Å². The Morgan fingerprint density at radius 1 is 1.47 bits per heavy atom. The first kappa shape index (κ1) is 13.7. The van der Waals surface area contributed by atoms with Crippen molar-refractivity contribution >= 4 is 11.4 Å². The van der Waals surface area contributed by atoms with Crippen LogP contribution in [-0.2, 0) is 4.74 Å². The lowest BCUT2D eigenvalue weighted by Gasteiger charge is -2.14. The Balaban J connectivity index is 2.14. The molecule has 0 aliphatic carbocycles. The summed E-state index contributed by atoms with van der Waals surface area (Å²) < 4.78 is 32.2. The van der Waals surface area contributed by atoms with E-state index in [1.807, 2.05) is 6.92 Å². The first-order valence-corrected chi connectivity index (χ1v) is 6.00. The van der Waals surface area contributed by atoms with E-state index < -0.39 is 27.9 Å². The molecule has 0 aromatic heterocycles. The van der Waals surface area contributed by atoms with Crippen LogP contribution in [-0.4, -0.2) is 23.7 Å². The van der Waals surface area contributed by atoms with Gasteiger partial charge < -0.3 is 10.1 Å². The lowest BCUT2D eigenvalue weighted by molar-refractivity contribution is -0.384. The van der Waals surface area contributed by atoms with Gasteiger partial charge in [0.15, 0.2) is 17.3 Å². The summed E-state index contributed by atoms with van der Waals surface area (Å²) in [7, 11) is 0. The third-order valence-corrected chi connectivity index (χ3v) is 3.10. The fourth-order valence-electron chi connectivity index (χ4n) is 2.11. The molecule has 1 aliphatic heterocycles. The Labute approximate surface area is 108 Å². The lowest BCUT2D eigenvalue weighted by atomic mass is 10.2. The minimum Gasteiger partial charge on any atom is -0.374 e. The fourth-order valence-corrected chi connectivity index (χ4v) is 2.11. The van der Waals surface area contributed by atoms with Crippen molar-refractivity contribution in [2.24, 2.45) is 0 Å². The second kappa shape index (κ2) is 5.48. The summed E-state index contributed by atoms with van der Waals surface area (Å²) >= 11 is 0.